The van der Waals surface area contributed by atoms with Gasteiger partial charge in [0, 0.05) is 5.69 Å². The lowest BCUT2D eigenvalue weighted by atomic mass is 10.1. The van der Waals surface area contributed by atoms with Crippen molar-refractivity contribution in [2.75, 3.05) is 5.32 Å². The van der Waals surface area contributed by atoms with Gasteiger partial charge < -0.3 is 5.32 Å². The summed E-state index contributed by atoms with van der Waals surface area (Å²) in [6, 6.07) is 10.8. The van der Waals surface area contributed by atoms with Crippen molar-refractivity contribution in [1.82, 2.24) is 0 Å². The van der Waals surface area contributed by atoms with Crippen LogP contribution in [0.4, 0.5) is 23.2 Å². The molecule has 0 bridgehead atoms. The molecule has 21 heavy (non-hydrogen) atoms. The third-order valence-electron chi connectivity index (χ3n) is 2.86. The van der Waals surface area contributed by atoms with Gasteiger partial charge in [0.05, 0.1) is 11.6 Å². The Bertz CT molecular complexity index is 639. The van der Waals surface area contributed by atoms with Crippen LogP contribution in [-0.2, 0) is 6.18 Å². The highest BCUT2D eigenvalue weighted by Crippen LogP contribution is 2.30. The van der Waals surface area contributed by atoms with Crippen LogP contribution < -0.4 is 5.32 Å². The van der Waals surface area contributed by atoms with Crippen molar-refractivity contribution in [3.63, 3.8) is 0 Å². The molecule has 2 nitrogen and oxygen atoms in total. The van der Waals surface area contributed by atoms with Crippen molar-refractivity contribution in [2.45, 2.75) is 12.2 Å². The maximum atomic E-state index is 12.8. The fourth-order valence-electron chi connectivity index (χ4n) is 1.77. The predicted molar refractivity (Wildman–Crippen MR) is 69.8 cm³/mol. The minimum absolute atomic E-state index is 0.398. The first-order valence-corrected chi connectivity index (χ1v) is 5.99. The smallest absolute Gasteiger partial charge is 0.366 e. The summed E-state index contributed by atoms with van der Waals surface area (Å²) in [5.74, 6) is -0.413. The molecule has 0 aliphatic heterocycles. The van der Waals surface area contributed by atoms with Gasteiger partial charge in [0.25, 0.3) is 0 Å². The highest BCUT2D eigenvalue weighted by atomic mass is 19.4. The number of anilines is 1. The monoisotopic (exact) mass is 294 g/mol. The molecule has 6 heteroatoms. The van der Waals surface area contributed by atoms with Crippen molar-refractivity contribution >= 4 is 5.69 Å². The average Bonchev–Trinajstić information content (AvgIpc) is 2.46. The van der Waals surface area contributed by atoms with Crippen LogP contribution in [0.25, 0.3) is 0 Å². The molecule has 0 amide bonds. The number of halogens is 4. The number of benzene rings is 2. The number of nitrogens with one attached hydrogen (secondary N) is 1. The van der Waals surface area contributed by atoms with Gasteiger partial charge >= 0.3 is 6.18 Å². The van der Waals surface area contributed by atoms with Gasteiger partial charge in [-0.05, 0) is 42.0 Å². The van der Waals surface area contributed by atoms with Gasteiger partial charge in [-0.1, -0.05) is 12.1 Å². The van der Waals surface area contributed by atoms with E-state index in [-0.39, 0.29) is 0 Å². The SMILES string of the molecule is N#CC(Nc1ccc(F)cc1)c1ccc(C(F)(F)F)cc1. The summed E-state index contributed by atoms with van der Waals surface area (Å²) in [5, 5.41) is 11.9. The molecule has 0 aliphatic carbocycles. The van der Waals surface area contributed by atoms with Crippen LogP contribution in [-0.4, -0.2) is 0 Å². The first-order chi connectivity index (χ1) is 9.90. The van der Waals surface area contributed by atoms with E-state index in [9.17, 15) is 17.6 Å². The van der Waals surface area contributed by atoms with Crippen molar-refractivity contribution in [3.8, 4) is 6.07 Å². The summed E-state index contributed by atoms with van der Waals surface area (Å²) in [4.78, 5) is 0. The van der Waals surface area contributed by atoms with Gasteiger partial charge in [-0.3, -0.25) is 0 Å². The van der Waals surface area contributed by atoms with Gasteiger partial charge in [0.1, 0.15) is 11.9 Å². The Morgan fingerprint density at radius 3 is 2.00 bits per heavy atom. The van der Waals surface area contributed by atoms with E-state index < -0.39 is 23.6 Å². The van der Waals surface area contributed by atoms with Gasteiger partial charge in [0.15, 0.2) is 0 Å². The molecular weight excluding hydrogens is 284 g/mol. The molecular formula is C15H10F4N2. The standard InChI is InChI=1S/C15H10F4N2/c16-12-5-7-13(8-6-12)21-14(9-20)10-1-3-11(4-2-10)15(17,18)19/h1-8,14,21H. The number of nitrogens with zero attached hydrogens (tertiary/aromatic N) is 1. The molecule has 2 aromatic carbocycles. The highest BCUT2D eigenvalue weighted by Gasteiger charge is 2.30. The van der Waals surface area contributed by atoms with Crippen molar-refractivity contribution < 1.29 is 17.6 Å². The summed E-state index contributed by atoms with van der Waals surface area (Å²) in [6.07, 6.45) is -4.41. The van der Waals surface area contributed by atoms with E-state index >= 15 is 0 Å². The van der Waals surface area contributed by atoms with E-state index in [4.69, 9.17) is 5.26 Å². The van der Waals surface area contributed by atoms with Gasteiger partial charge in [-0.15, -0.1) is 0 Å². The summed E-state index contributed by atoms with van der Waals surface area (Å²) in [7, 11) is 0. The lowest BCUT2D eigenvalue weighted by Gasteiger charge is -2.14. The molecule has 0 spiro atoms. The molecule has 0 saturated carbocycles. The van der Waals surface area contributed by atoms with Crippen LogP contribution in [0.15, 0.2) is 48.5 Å². The van der Waals surface area contributed by atoms with E-state index in [1.807, 2.05) is 6.07 Å². The van der Waals surface area contributed by atoms with E-state index in [1.54, 1.807) is 0 Å². The Balaban J connectivity index is 2.18. The number of alkyl halides is 3. The molecule has 2 aromatic rings. The maximum absolute atomic E-state index is 12.8. The minimum Gasteiger partial charge on any atom is -0.366 e. The van der Waals surface area contributed by atoms with E-state index in [0.29, 0.717) is 11.3 Å². The zero-order valence-corrected chi connectivity index (χ0v) is 10.7. The summed E-state index contributed by atoms with van der Waals surface area (Å²) in [5.41, 5.74) is 0.127. The topological polar surface area (TPSA) is 35.8 Å². The van der Waals surface area contributed by atoms with Gasteiger partial charge in [-0.2, -0.15) is 18.4 Å². The van der Waals surface area contributed by atoms with Crippen LogP contribution in [0.1, 0.15) is 17.2 Å². The number of rotatable bonds is 3. The maximum Gasteiger partial charge on any atom is 0.416 e. The molecule has 1 unspecified atom stereocenters. The van der Waals surface area contributed by atoms with Crippen LogP contribution in [0, 0.1) is 17.1 Å². The molecule has 108 valence electrons. The predicted octanol–water partition coefficient (Wildman–Crippen LogP) is 4.52. The molecule has 1 N–H and O–H groups in total. The molecule has 0 heterocycles. The van der Waals surface area contributed by atoms with Crippen LogP contribution in [0.2, 0.25) is 0 Å². The second-order valence-electron chi connectivity index (χ2n) is 4.33. The zero-order chi connectivity index (χ0) is 15.5. The lowest BCUT2D eigenvalue weighted by molar-refractivity contribution is -0.137. The summed E-state index contributed by atoms with van der Waals surface area (Å²) < 4.78 is 50.2. The molecule has 0 saturated heterocycles. The molecule has 0 fully saturated rings. The normalized spacial score (nSPS) is 12.5. The first kappa shape index (κ1) is 14.9. The second-order valence-corrected chi connectivity index (χ2v) is 4.33. The summed E-state index contributed by atoms with van der Waals surface area (Å²) in [6.45, 7) is 0. The fraction of sp³-hybridized carbons (Fsp3) is 0.133. The Hall–Kier alpha value is -2.55. The fourth-order valence-corrected chi connectivity index (χ4v) is 1.77. The first-order valence-electron chi connectivity index (χ1n) is 5.99. The Morgan fingerprint density at radius 1 is 0.952 bits per heavy atom. The van der Waals surface area contributed by atoms with Gasteiger partial charge in [0.2, 0.25) is 0 Å². The Morgan fingerprint density at radius 2 is 1.52 bits per heavy atom. The molecule has 0 radical (unpaired) electrons. The van der Waals surface area contributed by atoms with Crippen LogP contribution in [0.5, 0.6) is 0 Å². The Kier molecular flexibility index (Phi) is 4.13. The molecule has 0 aromatic heterocycles. The number of hydrogen-bond acceptors (Lipinski definition) is 2. The van der Waals surface area contributed by atoms with Crippen molar-refractivity contribution in [1.29, 1.82) is 5.26 Å². The average molecular weight is 294 g/mol. The van der Waals surface area contributed by atoms with Crippen LogP contribution in [0.3, 0.4) is 0 Å². The molecule has 1 atom stereocenters. The van der Waals surface area contributed by atoms with Crippen molar-refractivity contribution in [2.24, 2.45) is 0 Å². The van der Waals surface area contributed by atoms with Crippen LogP contribution >= 0.6 is 0 Å². The van der Waals surface area contributed by atoms with E-state index in [1.165, 1.54) is 36.4 Å². The Labute approximate surface area is 118 Å². The third kappa shape index (κ3) is 3.72. The highest BCUT2D eigenvalue weighted by molar-refractivity contribution is 5.47. The van der Waals surface area contributed by atoms with Gasteiger partial charge in [-0.25, -0.2) is 4.39 Å². The van der Waals surface area contributed by atoms with Crippen molar-refractivity contribution in [3.05, 3.63) is 65.5 Å². The molecule has 0 aliphatic rings. The van der Waals surface area contributed by atoms with E-state index in [0.717, 1.165) is 12.1 Å². The lowest BCUT2D eigenvalue weighted by Crippen LogP contribution is -2.10. The quantitative estimate of drug-likeness (QED) is 0.845. The molecule has 2 rings (SSSR count). The zero-order valence-electron chi connectivity index (χ0n) is 10.7. The number of nitriles is 1. The largest absolute Gasteiger partial charge is 0.416 e. The number of hydrogen-bond donors (Lipinski definition) is 1. The minimum atomic E-state index is -4.41. The third-order valence-corrected chi connectivity index (χ3v) is 2.86. The second kappa shape index (κ2) is 5.83. The summed E-state index contributed by atoms with van der Waals surface area (Å²) >= 11 is 0. The van der Waals surface area contributed by atoms with E-state index in [2.05, 4.69) is 5.32 Å².